The molecular weight excluding hydrogens is 308 g/mol. The van der Waals surface area contributed by atoms with Crippen LogP contribution in [0.4, 0.5) is 14.5 Å². The van der Waals surface area contributed by atoms with Gasteiger partial charge in [-0.25, -0.2) is 17.2 Å². The summed E-state index contributed by atoms with van der Waals surface area (Å²) in [5.41, 5.74) is 5.49. The van der Waals surface area contributed by atoms with Gasteiger partial charge in [-0.05, 0) is 24.3 Å². The van der Waals surface area contributed by atoms with E-state index >= 15 is 0 Å². The number of rotatable bonds is 3. The van der Waals surface area contributed by atoms with E-state index in [2.05, 4.69) is 0 Å². The summed E-state index contributed by atoms with van der Waals surface area (Å²) in [7, 11) is -3.87. The van der Waals surface area contributed by atoms with Crippen molar-refractivity contribution in [2.45, 2.75) is 10.6 Å². The van der Waals surface area contributed by atoms with E-state index in [9.17, 15) is 17.2 Å². The Hall–Kier alpha value is -1.66. The molecule has 0 aliphatic carbocycles. The van der Waals surface area contributed by atoms with Crippen molar-refractivity contribution in [3.05, 3.63) is 58.6 Å². The summed E-state index contributed by atoms with van der Waals surface area (Å²) in [6.07, 6.45) is 0. The van der Waals surface area contributed by atoms with Crippen LogP contribution in [-0.4, -0.2) is 8.42 Å². The van der Waals surface area contributed by atoms with E-state index in [-0.39, 0.29) is 21.2 Å². The Kier molecular flexibility index (Phi) is 3.96. The monoisotopic (exact) mass is 317 g/mol. The van der Waals surface area contributed by atoms with Gasteiger partial charge in [0.1, 0.15) is 11.6 Å². The summed E-state index contributed by atoms with van der Waals surface area (Å²) < 4.78 is 50.7. The average Bonchev–Trinajstić information content (AvgIpc) is 2.35. The van der Waals surface area contributed by atoms with Crippen LogP contribution >= 0.6 is 11.6 Å². The van der Waals surface area contributed by atoms with Crippen molar-refractivity contribution in [1.29, 1.82) is 0 Å². The highest BCUT2D eigenvalue weighted by Gasteiger charge is 2.21. The number of nitrogen functional groups attached to an aromatic ring is 1. The number of hydrogen-bond donors (Lipinski definition) is 1. The molecule has 0 heterocycles. The highest BCUT2D eigenvalue weighted by atomic mass is 35.5. The van der Waals surface area contributed by atoms with Crippen LogP contribution in [0, 0.1) is 11.6 Å². The van der Waals surface area contributed by atoms with E-state index in [4.69, 9.17) is 17.3 Å². The zero-order valence-corrected chi connectivity index (χ0v) is 11.7. The lowest BCUT2D eigenvalue weighted by atomic mass is 10.2. The third kappa shape index (κ3) is 3.08. The van der Waals surface area contributed by atoms with E-state index in [1.165, 1.54) is 18.2 Å². The summed E-state index contributed by atoms with van der Waals surface area (Å²) in [6.45, 7) is 0. The fourth-order valence-electron chi connectivity index (χ4n) is 1.70. The molecule has 2 aromatic rings. The van der Waals surface area contributed by atoms with Gasteiger partial charge in [0.05, 0.1) is 16.3 Å². The maximum Gasteiger partial charge on any atom is 0.184 e. The molecule has 0 fully saturated rings. The lowest BCUT2D eigenvalue weighted by Gasteiger charge is -2.09. The van der Waals surface area contributed by atoms with Crippen molar-refractivity contribution < 1.29 is 17.2 Å². The molecule has 0 amide bonds. The third-order valence-corrected chi connectivity index (χ3v) is 4.62. The van der Waals surface area contributed by atoms with Crippen molar-refractivity contribution in [2.24, 2.45) is 0 Å². The van der Waals surface area contributed by atoms with E-state index in [1.54, 1.807) is 0 Å². The summed E-state index contributed by atoms with van der Waals surface area (Å²) >= 11 is 5.73. The Balaban J connectivity index is 2.43. The molecule has 0 aromatic heterocycles. The fourth-order valence-corrected chi connectivity index (χ4v) is 3.47. The Morgan fingerprint density at radius 3 is 2.45 bits per heavy atom. The highest BCUT2D eigenvalue weighted by Crippen LogP contribution is 2.26. The smallest absolute Gasteiger partial charge is 0.184 e. The van der Waals surface area contributed by atoms with Crippen LogP contribution in [0.3, 0.4) is 0 Å². The van der Waals surface area contributed by atoms with Crippen LogP contribution in [0.15, 0.2) is 41.3 Å². The van der Waals surface area contributed by atoms with Crippen LogP contribution in [-0.2, 0) is 15.6 Å². The van der Waals surface area contributed by atoms with Gasteiger partial charge in [-0.2, -0.15) is 0 Å². The zero-order chi connectivity index (χ0) is 14.9. The maximum absolute atomic E-state index is 13.5. The molecule has 0 unspecified atom stereocenters. The Morgan fingerprint density at radius 2 is 1.80 bits per heavy atom. The molecule has 2 aromatic carbocycles. The Morgan fingerprint density at radius 1 is 1.10 bits per heavy atom. The largest absolute Gasteiger partial charge is 0.398 e. The molecule has 0 radical (unpaired) electrons. The second-order valence-corrected chi connectivity index (χ2v) is 6.57. The second kappa shape index (κ2) is 5.38. The van der Waals surface area contributed by atoms with Crippen molar-refractivity contribution in [2.75, 3.05) is 5.73 Å². The number of nitrogens with two attached hydrogens (primary N) is 1. The molecule has 2 rings (SSSR count). The first-order chi connectivity index (χ1) is 9.29. The third-order valence-electron chi connectivity index (χ3n) is 2.67. The molecule has 106 valence electrons. The minimum Gasteiger partial charge on any atom is -0.398 e. The summed E-state index contributed by atoms with van der Waals surface area (Å²) in [5, 5.41) is 0.206. The first-order valence-corrected chi connectivity index (χ1v) is 7.54. The number of anilines is 1. The molecule has 0 atom stereocenters. The molecule has 7 heteroatoms. The minimum absolute atomic E-state index is 0.0249. The molecule has 20 heavy (non-hydrogen) atoms. The van der Waals surface area contributed by atoms with Gasteiger partial charge in [-0.15, -0.1) is 0 Å². The molecule has 0 spiro atoms. The van der Waals surface area contributed by atoms with Gasteiger partial charge in [0.15, 0.2) is 9.84 Å². The fraction of sp³-hybridized carbons (Fsp3) is 0.0769. The lowest BCUT2D eigenvalue weighted by Crippen LogP contribution is -2.09. The van der Waals surface area contributed by atoms with Crippen LogP contribution in [0.1, 0.15) is 5.56 Å². The van der Waals surface area contributed by atoms with Crippen molar-refractivity contribution in [1.82, 2.24) is 0 Å². The quantitative estimate of drug-likeness (QED) is 0.884. The van der Waals surface area contributed by atoms with Gasteiger partial charge in [-0.3, -0.25) is 0 Å². The van der Waals surface area contributed by atoms with E-state index < -0.39 is 27.2 Å². The second-order valence-electron chi connectivity index (χ2n) is 4.18. The SMILES string of the molecule is Nc1ccc(Cl)cc1S(=O)(=O)Cc1ccc(F)cc1F. The number of halogens is 3. The lowest BCUT2D eigenvalue weighted by molar-refractivity contribution is 0.569. The van der Waals surface area contributed by atoms with Crippen molar-refractivity contribution >= 4 is 27.1 Å². The predicted octanol–water partition coefficient (Wildman–Crippen LogP) is 3.17. The predicted molar refractivity (Wildman–Crippen MR) is 73.1 cm³/mol. The minimum atomic E-state index is -3.87. The first-order valence-electron chi connectivity index (χ1n) is 5.51. The highest BCUT2D eigenvalue weighted by molar-refractivity contribution is 7.90. The molecule has 2 N–H and O–H groups in total. The van der Waals surface area contributed by atoms with Crippen LogP contribution in [0.2, 0.25) is 5.02 Å². The summed E-state index contributed by atoms with van der Waals surface area (Å²) in [6, 6.07) is 6.72. The van der Waals surface area contributed by atoms with Crippen LogP contribution < -0.4 is 5.73 Å². The van der Waals surface area contributed by atoms with Crippen LogP contribution in [0.25, 0.3) is 0 Å². The van der Waals surface area contributed by atoms with Gasteiger partial charge >= 0.3 is 0 Å². The van der Waals surface area contributed by atoms with Crippen molar-refractivity contribution in [3.63, 3.8) is 0 Å². The van der Waals surface area contributed by atoms with Gasteiger partial charge in [0.2, 0.25) is 0 Å². The standard InChI is InChI=1S/C13H10ClF2NO2S/c14-9-2-4-12(17)13(5-9)20(18,19)7-8-1-3-10(15)6-11(8)16/h1-6H,7,17H2. The molecule has 0 aliphatic heterocycles. The molecule has 0 saturated carbocycles. The summed E-state index contributed by atoms with van der Waals surface area (Å²) in [5.74, 6) is -2.32. The van der Waals surface area contributed by atoms with Gasteiger partial charge in [0, 0.05) is 16.7 Å². The summed E-state index contributed by atoms with van der Waals surface area (Å²) in [4.78, 5) is -0.172. The number of hydrogen-bond acceptors (Lipinski definition) is 3. The number of benzene rings is 2. The molecule has 3 nitrogen and oxygen atoms in total. The zero-order valence-electron chi connectivity index (χ0n) is 10.1. The Bertz CT molecular complexity index is 763. The van der Waals surface area contributed by atoms with Gasteiger partial charge in [-0.1, -0.05) is 17.7 Å². The van der Waals surface area contributed by atoms with Crippen LogP contribution in [0.5, 0.6) is 0 Å². The van der Waals surface area contributed by atoms with Crippen molar-refractivity contribution in [3.8, 4) is 0 Å². The molecule has 0 bridgehead atoms. The number of sulfone groups is 1. The average molecular weight is 318 g/mol. The van der Waals surface area contributed by atoms with Gasteiger partial charge < -0.3 is 5.73 Å². The van der Waals surface area contributed by atoms with E-state index in [0.717, 1.165) is 12.1 Å². The molecule has 0 saturated heterocycles. The maximum atomic E-state index is 13.5. The first kappa shape index (κ1) is 14.7. The van der Waals surface area contributed by atoms with E-state index in [0.29, 0.717) is 6.07 Å². The molecule has 0 aliphatic rings. The Labute approximate surface area is 119 Å². The normalized spacial score (nSPS) is 11.6. The topological polar surface area (TPSA) is 60.2 Å². The van der Waals surface area contributed by atoms with Gasteiger partial charge in [0.25, 0.3) is 0 Å². The van der Waals surface area contributed by atoms with E-state index in [1.807, 2.05) is 0 Å². The molecular formula is C13H10ClF2NO2S.